The van der Waals surface area contributed by atoms with Crippen molar-refractivity contribution in [3.63, 3.8) is 0 Å². The van der Waals surface area contributed by atoms with Crippen LogP contribution >= 0.6 is 0 Å². The lowest BCUT2D eigenvalue weighted by Gasteiger charge is -2.26. The van der Waals surface area contributed by atoms with Crippen molar-refractivity contribution >= 4 is 46.0 Å². The number of nitrogens with zero attached hydrogens (tertiary/aromatic N) is 2. The fourth-order valence-corrected chi connectivity index (χ4v) is 5.50. The molecule has 1 aromatic heterocycles. The third-order valence-electron chi connectivity index (χ3n) is 8.04. The zero-order valence-electron chi connectivity index (χ0n) is 27.1. The zero-order valence-corrected chi connectivity index (χ0v) is 27.1. The predicted octanol–water partition coefficient (Wildman–Crippen LogP) is 6.86. The van der Waals surface area contributed by atoms with Crippen molar-refractivity contribution in [2.75, 3.05) is 68.9 Å². The zero-order chi connectivity index (χ0) is 32.4. The second-order valence-electron chi connectivity index (χ2n) is 12.5. The van der Waals surface area contributed by atoms with Gasteiger partial charge in [-0.05, 0) is 73.9 Å². The van der Waals surface area contributed by atoms with E-state index in [1.807, 2.05) is 24.3 Å². The summed E-state index contributed by atoms with van der Waals surface area (Å²) in [6.45, 7) is 11.7. The van der Waals surface area contributed by atoms with Crippen LogP contribution in [-0.2, 0) is 30.9 Å². The molecule has 12 nitrogen and oxygen atoms in total. The Bertz CT molecular complexity index is 1420. The van der Waals surface area contributed by atoms with E-state index < -0.39 is 12.2 Å². The highest BCUT2D eigenvalue weighted by molar-refractivity contribution is 5.89. The van der Waals surface area contributed by atoms with Crippen LogP contribution in [0.1, 0.15) is 59.7 Å². The molecule has 12 heteroatoms. The number of hydrogen-bond donors (Lipinski definition) is 4. The van der Waals surface area contributed by atoms with E-state index in [-0.39, 0.29) is 12.8 Å². The lowest BCUT2D eigenvalue weighted by atomic mass is 9.94. The maximum atomic E-state index is 11.4. The Kier molecular flexibility index (Phi) is 13.5. The molecule has 3 heterocycles. The summed E-state index contributed by atoms with van der Waals surface area (Å²) in [4.78, 5) is 27.4. The SMILES string of the molecule is C.COC(=O)Nc1ccc(NCC2CCOCC2)c(N)c1.COC(=O)Nc1ccc2c(c1)nc(C(C)(C)C)n2CC1CCOCC1. The summed E-state index contributed by atoms with van der Waals surface area (Å²) in [7, 11) is 2.68. The Morgan fingerprint density at radius 1 is 0.891 bits per heavy atom. The highest BCUT2D eigenvalue weighted by atomic mass is 16.5. The van der Waals surface area contributed by atoms with Crippen LogP contribution in [-0.4, -0.2) is 68.9 Å². The second-order valence-corrected chi connectivity index (χ2v) is 12.5. The maximum absolute atomic E-state index is 11.4. The van der Waals surface area contributed by atoms with E-state index in [1.165, 1.54) is 14.2 Å². The number of carbonyl (C=O) groups is 2. The number of hydrogen-bond acceptors (Lipinski definition) is 9. The van der Waals surface area contributed by atoms with Gasteiger partial charge < -0.3 is 34.6 Å². The predicted molar refractivity (Wildman–Crippen MR) is 184 cm³/mol. The summed E-state index contributed by atoms with van der Waals surface area (Å²) >= 11 is 0. The fourth-order valence-electron chi connectivity index (χ4n) is 5.50. The third kappa shape index (κ3) is 10.2. The van der Waals surface area contributed by atoms with E-state index in [1.54, 1.807) is 12.1 Å². The number of nitrogens with one attached hydrogen (secondary N) is 3. The van der Waals surface area contributed by atoms with Crippen molar-refractivity contribution in [3.8, 4) is 0 Å². The molecule has 0 unspecified atom stereocenters. The third-order valence-corrected chi connectivity index (χ3v) is 8.04. The summed E-state index contributed by atoms with van der Waals surface area (Å²) in [6, 6.07) is 11.2. The summed E-state index contributed by atoms with van der Waals surface area (Å²) in [6.07, 6.45) is 3.35. The molecule has 0 radical (unpaired) electrons. The number of amides is 2. The van der Waals surface area contributed by atoms with Crippen molar-refractivity contribution in [3.05, 3.63) is 42.2 Å². The van der Waals surface area contributed by atoms with Crippen molar-refractivity contribution in [2.45, 2.75) is 65.8 Å². The number of imidazole rings is 1. The lowest BCUT2D eigenvalue weighted by molar-refractivity contribution is 0.0611. The molecule has 3 aromatic rings. The largest absolute Gasteiger partial charge is 0.453 e. The van der Waals surface area contributed by atoms with Gasteiger partial charge in [-0.25, -0.2) is 14.6 Å². The van der Waals surface area contributed by atoms with Gasteiger partial charge in [0.1, 0.15) is 5.82 Å². The van der Waals surface area contributed by atoms with Gasteiger partial charge in [0.2, 0.25) is 0 Å². The van der Waals surface area contributed by atoms with Crippen LogP contribution in [0.25, 0.3) is 11.0 Å². The topological polar surface area (TPSA) is 151 Å². The molecule has 2 amide bonds. The van der Waals surface area contributed by atoms with Crippen molar-refractivity contribution < 1.29 is 28.5 Å². The average Bonchev–Trinajstić information content (AvgIpc) is 3.40. The summed E-state index contributed by atoms with van der Waals surface area (Å²) < 4.78 is 22.4. The molecule has 5 N–H and O–H groups in total. The van der Waals surface area contributed by atoms with Crippen molar-refractivity contribution in [2.24, 2.45) is 11.8 Å². The number of rotatable bonds is 7. The Morgan fingerprint density at radius 3 is 1.98 bits per heavy atom. The smallest absolute Gasteiger partial charge is 0.411 e. The van der Waals surface area contributed by atoms with Crippen molar-refractivity contribution in [1.82, 2.24) is 9.55 Å². The van der Waals surface area contributed by atoms with Crippen LogP contribution in [0.5, 0.6) is 0 Å². The van der Waals surface area contributed by atoms with Crippen LogP contribution in [0.15, 0.2) is 36.4 Å². The first-order valence-corrected chi connectivity index (χ1v) is 15.6. The van der Waals surface area contributed by atoms with Crippen LogP contribution in [0, 0.1) is 11.8 Å². The molecule has 2 aliphatic heterocycles. The molecular weight excluding hydrogens is 588 g/mol. The lowest BCUT2D eigenvalue weighted by Crippen LogP contribution is -2.25. The van der Waals surface area contributed by atoms with E-state index in [2.05, 4.69) is 50.8 Å². The number of fused-ring (bicyclic) bond motifs is 1. The first kappa shape index (κ1) is 36.4. The molecule has 5 rings (SSSR count). The van der Waals surface area contributed by atoms with Gasteiger partial charge in [0.15, 0.2) is 0 Å². The van der Waals surface area contributed by atoms with Crippen LogP contribution in [0.3, 0.4) is 0 Å². The fraction of sp³-hybridized carbons (Fsp3) is 0.559. The number of nitrogens with two attached hydrogens (primary N) is 1. The normalized spacial score (nSPS) is 15.6. The molecule has 254 valence electrons. The Labute approximate surface area is 272 Å². The van der Waals surface area contributed by atoms with Gasteiger partial charge in [-0.3, -0.25) is 10.6 Å². The Hall–Kier alpha value is -4.03. The standard InChI is InChI=1S/C19H27N3O3.C14H21N3O3.CH4/c1-19(2,3)17-21-15-11-14(20-18(23)24-4)5-6-16(15)22(17)12-13-7-9-25-10-8-13;1-19-14(18)17-11-2-3-13(12(15)8-11)16-9-10-4-6-20-7-5-10;/h5-6,11,13H,7-10,12H2,1-4H3,(H,20,23);2-3,8,10,16H,4-7,9,15H2,1H3,(H,17,18);1H4. The van der Waals surface area contributed by atoms with Gasteiger partial charge >= 0.3 is 12.2 Å². The molecule has 0 atom stereocenters. The van der Waals surface area contributed by atoms with E-state index in [4.69, 9.17) is 20.2 Å². The van der Waals surface area contributed by atoms with E-state index in [0.29, 0.717) is 28.9 Å². The van der Waals surface area contributed by atoms with Gasteiger partial charge in [-0.1, -0.05) is 28.2 Å². The minimum atomic E-state index is -0.507. The number of benzene rings is 2. The molecule has 0 spiro atoms. The van der Waals surface area contributed by atoms with Crippen LogP contribution in [0.2, 0.25) is 0 Å². The van der Waals surface area contributed by atoms with Gasteiger partial charge in [-0.15, -0.1) is 0 Å². The number of aromatic nitrogens is 2. The van der Waals surface area contributed by atoms with Gasteiger partial charge in [0.25, 0.3) is 0 Å². The average molecular weight is 641 g/mol. The maximum Gasteiger partial charge on any atom is 0.411 e. The van der Waals surface area contributed by atoms with E-state index >= 15 is 0 Å². The first-order chi connectivity index (χ1) is 21.6. The molecule has 2 saturated heterocycles. The molecule has 2 aromatic carbocycles. The summed E-state index contributed by atoms with van der Waals surface area (Å²) in [5.74, 6) is 2.31. The molecule has 0 saturated carbocycles. The van der Waals surface area contributed by atoms with Gasteiger partial charge in [-0.2, -0.15) is 0 Å². The van der Waals surface area contributed by atoms with Gasteiger partial charge in [0.05, 0.1) is 36.6 Å². The first-order valence-electron chi connectivity index (χ1n) is 15.6. The quantitative estimate of drug-likeness (QED) is 0.203. The number of ether oxygens (including phenoxy) is 4. The van der Waals surface area contributed by atoms with Crippen LogP contribution < -0.4 is 21.7 Å². The number of anilines is 4. The molecular formula is C34H52N6O6. The monoisotopic (exact) mass is 640 g/mol. The van der Waals surface area contributed by atoms with E-state index in [9.17, 15) is 9.59 Å². The molecule has 2 fully saturated rings. The molecule has 46 heavy (non-hydrogen) atoms. The molecule has 0 aliphatic carbocycles. The number of carbonyl (C=O) groups excluding carboxylic acids is 2. The number of nitrogen functional groups attached to an aromatic ring is 1. The minimum Gasteiger partial charge on any atom is -0.453 e. The van der Waals surface area contributed by atoms with Crippen molar-refractivity contribution in [1.29, 1.82) is 0 Å². The van der Waals surface area contributed by atoms with Gasteiger partial charge in [0, 0.05) is 56.3 Å². The Balaban J connectivity index is 0.000000251. The van der Waals surface area contributed by atoms with Crippen LogP contribution in [0.4, 0.5) is 32.3 Å². The molecule has 0 bridgehead atoms. The highest BCUT2D eigenvalue weighted by Gasteiger charge is 2.25. The summed E-state index contributed by atoms with van der Waals surface area (Å²) in [5.41, 5.74) is 10.7. The number of methoxy groups -OCH3 is 2. The summed E-state index contributed by atoms with van der Waals surface area (Å²) in [5, 5.41) is 8.64. The molecule has 2 aliphatic rings. The van der Waals surface area contributed by atoms with E-state index in [0.717, 1.165) is 87.7 Å². The second kappa shape index (κ2) is 17.0. The minimum absolute atomic E-state index is 0. The highest BCUT2D eigenvalue weighted by Crippen LogP contribution is 2.30. The Morgan fingerprint density at radius 2 is 1.43 bits per heavy atom.